The van der Waals surface area contributed by atoms with Crippen LogP contribution < -0.4 is 14.2 Å². The number of hydrogen-bond donors (Lipinski definition) is 0. The van der Waals surface area contributed by atoms with Gasteiger partial charge in [0.05, 0.1) is 12.2 Å². The zero-order valence-corrected chi connectivity index (χ0v) is 15.2. The Labute approximate surface area is 161 Å². The summed E-state index contributed by atoms with van der Waals surface area (Å²) in [6.45, 7) is 2.33. The summed E-state index contributed by atoms with van der Waals surface area (Å²) in [5.41, 5.74) is 0.700. The van der Waals surface area contributed by atoms with Crippen LogP contribution in [-0.4, -0.2) is 35.4 Å². The average molecular weight is 382 g/mol. The van der Waals surface area contributed by atoms with Crippen molar-refractivity contribution in [1.29, 1.82) is 0 Å². The van der Waals surface area contributed by atoms with Crippen molar-refractivity contribution in [2.75, 3.05) is 13.2 Å². The maximum atomic E-state index is 12.3. The first-order valence-electron chi connectivity index (χ1n) is 8.84. The van der Waals surface area contributed by atoms with Crippen LogP contribution in [0.4, 0.5) is 0 Å². The van der Waals surface area contributed by atoms with Crippen molar-refractivity contribution in [1.82, 2.24) is 10.1 Å². The Balaban J connectivity index is 1.38. The molecule has 0 unspecified atom stereocenters. The fourth-order valence-electron chi connectivity index (χ4n) is 2.72. The fraction of sp³-hybridized carbons (Fsp3) is 0.250. The lowest BCUT2D eigenvalue weighted by molar-refractivity contribution is -0.156. The SMILES string of the molecule is CCOc1ccccc1-c1noc(COC(=O)[C@@H]2COc3ccccc3O2)n1. The molecule has 144 valence electrons. The van der Waals surface area contributed by atoms with Crippen molar-refractivity contribution in [3.05, 3.63) is 54.4 Å². The molecule has 4 rings (SSSR count). The van der Waals surface area contributed by atoms with Gasteiger partial charge in [-0.05, 0) is 31.2 Å². The van der Waals surface area contributed by atoms with Gasteiger partial charge in [-0.15, -0.1) is 0 Å². The van der Waals surface area contributed by atoms with E-state index >= 15 is 0 Å². The Morgan fingerprint density at radius 2 is 1.93 bits per heavy atom. The number of fused-ring (bicyclic) bond motifs is 1. The standard InChI is InChI=1S/C20H18N2O6/c1-2-24-14-8-4-3-7-13(14)19-21-18(28-22-19)12-26-20(23)17-11-25-15-9-5-6-10-16(15)27-17/h3-10,17H,2,11-12H2,1H3/t17-/m0/s1. The molecule has 0 N–H and O–H groups in total. The number of para-hydroxylation sites is 3. The molecule has 2 aromatic carbocycles. The van der Waals surface area contributed by atoms with Gasteiger partial charge in [0.15, 0.2) is 18.1 Å². The maximum absolute atomic E-state index is 12.3. The van der Waals surface area contributed by atoms with E-state index < -0.39 is 12.1 Å². The molecule has 0 fully saturated rings. The Bertz CT molecular complexity index is 971. The van der Waals surface area contributed by atoms with Crippen LogP contribution in [0.3, 0.4) is 0 Å². The zero-order chi connectivity index (χ0) is 19.3. The number of hydrogen-bond acceptors (Lipinski definition) is 8. The zero-order valence-electron chi connectivity index (χ0n) is 15.2. The van der Waals surface area contributed by atoms with Crippen molar-refractivity contribution in [2.45, 2.75) is 19.6 Å². The minimum absolute atomic E-state index is 0.0761. The Hall–Kier alpha value is -3.55. The molecule has 8 heteroatoms. The van der Waals surface area contributed by atoms with E-state index in [0.717, 1.165) is 0 Å². The predicted molar refractivity (Wildman–Crippen MR) is 97.1 cm³/mol. The highest BCUT2D eigenvalue weighted by atomic mass is 16.6. The summed E-state index contributed by atoms with van der Waals surface area (Å²) >= 11 is 0. The van der Waals surface area contributed by atoms with Gasteiger partial charge in [0, 0.05) is 0 Å². The van der Waals surface area contributed by atoms with Crippen LogP contribution in [0.1, 0.15) is 12.8 Å². The summed E-state index contributed by atoms with van der Waals surface area (Å²) in [5, 5.41) is 3.94. The van der Waals surface area contributed by atoms with Crippen LogP contribution in [0.5, 0.6) is 17.2 Å². The molecular formula is C20H18N2O6. The van der Waals surface area contributed by atoms with Gasteiger partial charge in [0.1, 0.15) is 12.4 Å². The van der Waals surface area contributed by atoms with E-state index in [0.29, 0.717) is 35.2 Å². The summed E-state index contributed by atoms with van der Waals surface area (Å²) in [4.78, 5) is 16.5. The molecule has 0 saturated carbocycles. The molecule has 0 amide bonds. The van der Waals surface area contributed by atoms with E-state index in [4.69, 9.17) is 23.5 Å². The van der Waals surface area contributed by atoms with Gasteiger partial charge in [-0.3, -0.25) is 0 Å². The van der Waals surface area contributed by atoms with Crippen LogP contribution in [0.25, 0.3) is 11.4 Å². The summed E-state index contributed by atoms with van der Waals surface area (Å²) < 4.78 is 27.1. The summed E-state index contributed by atoms with van der Waals surface area (Å²) in [5.74, 6) is 1.72. The molecule has 3 aromatic rings. The maximum Gasteiger partial charge on any atom is 0.351 e. The van der Waals surface area contributed by atoms with Crippen molar-refractivity contribution < 1.29 is 28.3 Å². The van der Waals surface area contributed by atoms with E-state index in [2.05, 4.69) is 10.1 Å². The average Bonchev–Trinajstić information content (AvgIpc) is 3.21. The van der Waals surface area contributed by atoms with Crippen LogP contribution in [0.2, 0.25) is 0 Å². The molecule has 0 saturated heterocycles. The van der Waals surface area contributed by atoms with Crippen LogP contribution in [0.15, 0.2) is 53.1 Å². The van der Waals surface area contributed by atoms with Gasteiger partial charge in [-0.25, -0.2) is 4.79 Å². The normalized spacial score (nSPS) is 15.1. The minimum Gasteiger partial charge on any atom is -0.493 e. The second kappa shape index (κ2) is 7.99. The van der Waals surface area contributed by atoms with E-state index in [1.807, 2.05) is 37.3 Å². The van der Waals surface area contributed by atoms with Gasteiger partial charge in [-0.1, -0.05) is 29.4 Å². The summed E-state index contributed by atoms with van der Waals surface area (Å²) in [6, 6.07) is 14.5. The lowest BCUT2D eigenvalue weighted by atomic mass is 10.2. The highest BCUT2D eigenvalue weighted by Crippen LogP contribution is 2.31. The van der Waals surface area contributed by atoms with Crippen molar-refractivity contribution in [2.24, 2.45) is 0 Å². The van der Waals surface area contributed by atoms with Crippen molar-refractivity contribution in [3.63, 3.8) is 0 Å². The number of ether oxygens (including phenoxy) is 4. The fourth-order valence-corrected chi connectivity index (χ4v) is 2.72. The first-order chi connectivity index (χ1) is 13.7. The summed E-state index contributed by atoms with van der Waals surface area (Å²) in [6.07, 6.45) is -0.851. The quantitative estimate of drug-likeness (QED) is 0.601. The molecule has 1 aromatic heterocycles. The van der Waals surface area contributed by atoms with Crippen LogP contribution in [-0.2, 0) is 16.1 Å². The second-order valence-corrected chi connectivity index (χ2v) is 5.91. The molecule has 0 radical (unpaired) electrons. The van der Waals surface area contributed by atoms with E-state index in [1.54, 1.807) is 18.2 Å². The molecule has 8 nitrogen and oxygen atoms in total. The monoisotopic (exact) mass is 382 g/mol. The Morgan fingerprint density at radius 3 is 2.79 bits per heavy atom. The van der Waals surface area contributed by atoms with E-state index in [-0.39, 0.29) is 19.1 Å². The lowest BCUT2D eigenvalue weighted by Crippen LogP contribution is -2.37. The highest BCUT2D eigenvalue weighted by molar-refractivity contribution is 5.76. The number of carbonyl (C=O) groups excluding carboxylic acids is 1. The predicted octanol–water partition coefficient (Wildman–Crippen LogP) is 3.02. The lowest BCUT2D eigenvalue weighted by Gasteiger charge is -2.24. The molecule has 2 heterocycles. The number of nitrogens with zero attached hydrogens (tertiary/aromatic N) is 2. The molecule has 1 aliphatic rings. The van der Waals surface area contributed by atoms with Crippen LogP contribution >= 0.6 is 0 Å². The van der Waals surface area contributed by atoms with Crippen molar-refractivity contribution >= 4 is 5.97 Å². The Kier molecular flexibility index (Phi) is 5.09. The van der Waals surface area contributed by atoms with Gasteiger partial charge in [-0.2, -0.15) is 4.98 Å². The number of esters is 1. The molecular weight excluding hydrogens is 364 g/mol. The molecule has 0 aliphatic carbocycles. The largest absolute Gasteiger partial charge is 0.493 e. The Morgan fingerprint density at radius 1 is 1.14 bits per heavy atom. The van der Waals surface area contributed by atoms with Crippen molar-refractivity contribution in [3.8, 4) is 28.6 Å². The first kappa shape index (κ1) is 17.8. The molecule has 1 aliphatic heterocycles. The third kappa shape index (κ3) is 3.75. The first-order valence-corrected chi connectivity index (χ1v) is 8.84. The smallest absolute Gasteiger partial charge is 0.351 e. The highest BCUT2D eigenvalue weighted by Gasteiger charge is 2.29. The number of rotatable bonds is 6. The van der Waals surface area contributed by atoms with Gasteiger partial charge in [0.2, 0.25) is 11.9 Å². The minimum atomic E-state index is -0.851. The third-order valence-corrected chi connectivity index (χ3v) is 4.01. The number of aromatic nitrogens is 2. The van der Waals surface area contributed by atoms with Gasteiger partial charge >= 0.3 is 5.97 Å². The number of carbonyl (C=O) groups is 1. The van der Waals surface area contributed by atoms with Crippen LogP contribution in [0, 0.1) is 0 Å². The third-order valence-electron chi connectivity index (χ3n) is 4.01. The van der Waals surface area contributed by atoms with E-state index in [1.165, 1.54) is 0 Å². The topological polar surface area (TPSA) is 92.9 Å². The molecule has 0 bridgehead atoms. The van der Waals surface area contributed by atoms with Gasteiger partial charge < -0.3 is 23.5 Å². The number of benzene rings is 2. The second-order valence-electron chi connectivity index (χ2n) is 5.91. The molecule has 1 atom stereocenters. The van der Waals surface area contributed by atoms with Gasteiger partial charge in [0.25, 0.3) is 5.89 Å². The molecule has 0 spiro atoms. The molecule has 28 heavy (non-hydrogen) atoms. The van der Waals surface area contributed by atoms with E-state index in [9.17, 15) is 4.79 Å². The summed E-state index contributed by atoms with van der Waals surface area (Å²) in [7, 11) is 0.